The second-order valence-electron chi connectivity index (χ2n) is 7.10. The van der Waals surface area contributed by atoms with Crippen LogP contribution in [0.25, 0.3) is 22.5 Å². The van der Waals surface area contributed by atoms with E-state index in [1.54, 1.807) is 30.3 Å². The van der Waals surface area contributed by atoms with Gasteiger partial charge in [0.15, 0.2) is 0 Å². The zero-order valence-corrected chi connectivity index (χ0v) is 17.7. The van der Waals surface area contributed by atoms with E-state index in [9.17, 15) is 22.4 Å². The smallest absolute Gasteiger partial charge is 0.320 e. The van der Waals surface area contributed by atoms with Crippen LogP contribution in [0, 0.1) is 5.82 Å². The molecule has 0 atom stereocenters. The predicted molar refractivity (Wildman–Crippen MR) is 116 cm³/mol. The molecule has 0 saturated carbocycles. The number of halogens is 5. The van der Waals surface area contributed by atoms with E-state index >= 15 is 0 Å². The molecule has 0 saturated heterocycles. The monoisotopic (exact) mass is 474 g/mol. The first-order valence-electron chi connectivity index (χ1n) is 9.57. The number of aromatic nitrogens is 3. The lowest BCUT2D eigenvalue weighted by atomic mass is 9.99. The first-order chi connectivity index (χ1) is 15.6. The van der Waals surface area contributed by atoms with Gasteiger partial charge in [0.2, 0.25) is 0 Å². The maximum absolute atomic E-state index is 14.7. The molecule has 0 aliphatic heterocycles. The number of alkyl halides is 3. The molecule has 2 heterocycles. The summed E-state index contributed by atoms with van der Waals surface area (Å²) >= 11 is 6.00. The number of nitrogens with zero attached hydrogens (tertiary/aromatic N) is 3. The molecule has 0 fully saturated rings. The number of aryl methyl sites for hydroxylation is 1. The van der Waals surface area contributed by atoms with Gasteiger partial charge in [-0.3, -0.25) is 9.48 Å². The van der Waals surface area contributed by atoms with E-state index in [0.717, 1.165) is 6.07 Å². The van der Waals surface area contributed by atoms with Crippen molar-refractivity contribution in [1.82, 2.24) is 14.8 Å². The van der Waals surface area contributed by atoms with Gasteiger partial charge in [0, 0.05) is 24.4 Å². The van der Waals surface area contributed by atoms with Gasteiger partial charge in [0.05, 0.1) is 28.2 Å². The van der Waals surface area contributed by atoms with Crippen molar-refractivity contribution in [1.29, 1.82) is 0 Å². The van der Waals surface area contributed by atoms with E-state index < -0.39 is 34.6 Å². The number of pyridine rings is 1. The maximum Gasteiger partial charge on any atom is 0.417 e. The molecule has 10 heteroatoms. The number of hydrogen-bond donors (Lipinski definition) is 1. The molecule has 0 radical (unpaired) electrons. The van der Waals surface area contributed by atoms with Crippen molar-refractivity contribution < 1.29 is 22.4 Å². The van der Waals surface area contributed by atoms with Gasteiger partial charge in [0.1, 0.15) is 11.0 Å². The highest BCUT2D eigenvalue weighted by atomic mass is 35.5. The lowest BCUT2D eigenvalue weighted by Gasteiger charge is -2.15. The molecule has 5 nitrogen and oxygen atoms in total. The second-order valence-corrected chi connectivity index (χ2v) is 7.49. The average Bonchev–Trinajstić information content (AvgIpc) is 3.20. The molecule has 4 aromatic rings. The van der Waals surface area contributed by atoms with Gasteiger partial charge in [-0.25, -0.2) is 9.37 Å². The molecule has 2 aromatic carbocycles. The lowest BCUT2D eigenvalue weighted by molar-refractivity contribution is -0.137. The topological polar surface area (TPSA) is 59.8 Å². The third-order valence-electron chi connectivity index (χ3n) is 4.80. The van der Waals surface area contributed by atoms with Crippen molar-refractivity contribution in [3.05, 3.63) is 89.0 Å². The Morgan fingerprint density at radius 2 is 1.79 bits per heavy atom. The quantitative estimate of drug-likeness (QED) is 0.282. The summed E-state index contributed by atoms with van der Waals surface area (Å²) in [5.41, 5.74) is -1.07. The summed E-state index contributed by atoms with van der Waals surface area (Å²) in [6.45, 7) is 0. The average molecular weight is 475 g/mol. The molecular weight excluding hydrogens is 460 g/mol. The Morgan fingerprint density at radius 1 is 1.06 bits per heavy atom. The van der Waals surface area contributed by atoms with Gasteiger partial charge in [0.25, 0.3) is 5.91 Å². The standard InChI is InChI=1S/C23H15ClF4N4O/c1-32-10-9-18(31-32)14-11-15(17(25)12-16(14)23(26,27)28)22(33)29-19-7-8-20(24)30-21(19)13-5-3-2-4-6-13/h2-12H,1H3,(H,29,33). The minimum Gasteiger partial charge on any atom is -0.320 e. The summed E-state index contributed by atoms with van der Waals surface area (Å²) in [6, 6.07) is 14.2. The van der Waals surface area contributed by atoms with Crippen molar-refractivity contribution in [2.24, 2.45) is 7.05 Å². The number of carbonyl (C=O) groups is 1. The van der Waals surface area contributed by atoms with Crippen LogP contribution in [0.1, 0.15) is 15.9 Å². The summed E-state index contributed by atoms with van der Waals surface area (Å²) < 4.78 is 56.7. The Labute approximate surface area is 190 Å². The van der Waals surface area contributed by atoms with E-state index in [1.165, 1.54) is 36.1 Å². The van der Waals surface area contributed by atoms with Crippen LogP contribution in [0.3, 0.4) is 0 Å². The molecular formula is C23H15ClF4N4O. The second kappa shape index (κ2) is 8.67. The van der Waals surface area contributed by atoms with Crippen LogP contribution in [-0.4, -0.2) is 20.7 Å². The normalized spacial score (nSPS) is 11.5. The van der Waals surface area contributed by atoms with E-state index in [2.05, 4.69) is 15.4 Å². The first-order valence-corrected chi connectivity index (χ1v) is 9.95. The van der Waals surface area contributed by atoms with Crippen molar-refractivity contribution >= 4 is 23.2 Å². The number of rotatable bonds is 4. The number of anilines is 1. The predicted octanol–water partition coefficient (Wildman–Crippen LogP) is 6.21. The molecule has 0 aliphatic carbocycles. The fourth-order valence-corrected chi connectivity index (χ4v) is 3.44. The maximum atomic E-state index is 14.7. The van der Waals surface area contributed by atoms with Crippen LogP contribution in [0.2, 0.25) is 5.15 Å². The zero-order valence-electron chi connectivity index (χ0n) is 17.0. The van der Waals surface area contributed by atoms with E-state index in [1.807, 2.05) is 0 Å². The van der Waals surface area contributed by atoms with E-state index in [4.69, 9.17) is 11.6 Å². The number of benzene rings is 2. The minimum absolute atomic E-state index is 0.0444. The molecule has 168 valence electrons. The van der Waals surface area contributed by atoms with Gasteiger partial charge in [-0.05, 0) is 30.3 Å². The highest BCUT2D eigenvalue weighted by molar-refractivity contribution is 6.29. The number of amides is 1. The van der Waals surface area contributed by atoms with Crippen molar-refractivity contribution in [3.63, 3.8) is 0 Å². The molecule has 4 rings (SSSR count). The highest BCUT2D eigenvalue weighted by Crippen LogP contribution is 2.38. The van der Waals surface area contributed by atoms with Gasteiger partial charge in [-0.1, -0.05) is 41.9 Å². The largest absolute Gasteiger partial charge is 0.417 e. The first kappa shape index (κ1) is 22.5. The Hall–Kier alpha value is -3.72. The minimum atomic E-state index is -4.84. The molecule has 2 aromatic heterocycles. The fourth-order valence-electron chi connectivity index (χ4n) is 3.29. The third kappa shape index (κ3) is 4.73. The van der Waals surface area contributed by atoms with Crippen molar-refractivity contribution in [2.75, 3.05) is 5.32 Å². The third-order valence-corrected chi connectivity index (χ3v) is 5.01. The van der Waals surface area contributed by atoms with Crippen LogP contribution >= 0.6 is 11.6 Å². The molecule has 0 aliphatic rings. The molecule has 0 bridgehead atoms. The Morgan fingerprint density at radius 3 is 2.42 bits per heavy atom. The molecule has 0 unspecified atom stereocenters. The fraction of sp³-hybridized carbons (Fsp3) is 0.0870. The van der Waals surface area contributed by atoms with E-state index in [-0.39, 0.29) is 16.5 Å². The van der Waals surface area contributed by atoms with Gasteiger partial charge >= 0.3 is 6.18 Å². The molecule has 1 N–H and O–H groups in total. The van der Waals surface area contributed by atoms with Gasteiger partial charge < -0.3 is 5.32 Å². The number of hydrogen-bond acceptors (Lipinski definition) is 3. The van der Waals surface area contributed by atoms with Crippen molar-refractivity contribution in [3.8, 4) is 22.5 Å². The zero-order chi connectivity index (χ0) is 23.8. The SMILES string of the molecule is Cn1ccc(-c2cc(C(=O)Nc3ccc(Cl)nc3-c3ccccc3)c(F)cc2C(F)(F)F)n1. The van der Waals surface area contributed by atoms with Gasteiger partial charge in [-0.15, -0.1) is 0 Å². The summed E-state index contributed by atoms with van der Waals surface area (Å²) in [6.07, 6.45) is -3.40. The Kier molecular flexibility index (Phi) is 5.90. The Bertz CT molecular complexity index is 1340. The van der Waals surface area contributed by atoms with Crippen LogP contribution < -0.4 is 5.32 Å². The summed E-state index contributed by atoms with van der Waals surface area (Å²) in [5.74, 6) is -2.26. The molecule has 1 amide bonds. The van der Waals surface area contributed by atoms with Gasteiger partial charge in [-0.2, -0.15) is 18.3 Å². The summed E-state index contributed by atoms with van der Waals surface area (Å²) in [7, 11) is 1.53. The van der Waals surface area contributed by atoms with Crippen LogP contribution in [0.15, 0.2) is 66.9 Å². The summed E-state index contributed by atoms with van der Waals surface area (Å²) in [5, 5.41) is 6.67. The number of carbonyl (C=O) groups excluding carboxylic acids is 1. The molecule has 33 heavy (non-hydrogen) atoms. The van der Waals surface area contributed by atoms with Crippen LogP contribution in [-0.2, 0) is 13.2 Å². The molecule has 0 spiro atoms. The number of nitrogens with one attached hydrogen (secondary N) is 1. The lowest BCUT2D eigenvalue weighted by Crippen LogP contribution is -2.17. The summed E-state index contributed by atoms with van der Waals surface area (Å²) in [4.78, 5) is 17.2. The van der Waals surface area contributed by atoms with E-state index in [0.29, 0.717) is 17.3 Å². The van der Waals surface area contributed by atoms with Crippen LogP contribution in [0.5, 0.6) is 0 Å². The highest BCUT2D eigenvalue weighted by Gasteiger charge is 2.36. The Balaban J connectivity index is 1.77. The van der Waals surface area contributed by atoms with Crippen molar-refractivity contribution in [2.45, 2.75) is 6.18 Å². The van der Waals surface area contributed by atoms with Crippen LogP contribution in [0.4, 0.5) is 23.2 Å².